The van der Waals surface area contributed by atoms with Gasteiger partial charge in [-0.15, -0.1) is 0 Å². The van der Waals surface area contributed by atoms with E-state index >= 15 is 0 Å². The molecule has 276 valence electrons. The van der Waals surface area contributed by atoms with E-state index in [2.05, 4.69) is 10.3 Å². The standard InChI is InChI=1S/C31H35ClN4O13.4Ac/c1-15(37)34-19-9-16(7-8-18(19)32)12-44-30-25(40)23(38)27(20(46-30)10-35-11-22(33-14-35)36(42)43)49-31-26(41)24(39)28-21(47-31)13-45-29(48-28)17-5-3-2-4-6-17;;;;/h2-9,11,14,20-21,23-31,38-41H,10,12-13H2,1H3,(H,34,37);;;;. The molecule has 1 aromatic heterocycles. The van der Waals surface area contributed by atoms with Gasteiger partial charge in [0.1, 0.15) is 55.0 Å². The topological polar surface area (TPSA) is 226 Å². The van der Waals surface area contributed by atoms with Crippen LogP contribution in [-0.2, 0) is 46.4 Å². The summed E-state index contributed by atoms with van der Waals surface area (Å²) >= 11 is 6.16. The molecule has 5 N–H and O–H groups in total. The number of imidazole rings is 1. The quantitative estimate of drug-likeness (QED) is 0.141. The number of ether oxygens (including phenoxy) is 6. The van der Waals surface area contributed by atoms with Crippen LogP contribution in [0.3, 0.4) is 0 Å². The maximum Gasteiger partial charge on any atom is 0.381 e. The number of carbonyl (C=O) groups is 1. The minimum Gasteiger partial charge on any atom is -0.387 e. The first-order valence-corrected chi connectivity index (χ1v) is 15.7. The minimum atomic E-state index is -1.70. The maximum atomic E-state index is 11.5. The van der Waals surface area contributed by atoms with Gasteiger partial charge in [-0.1, -0.05) is 48.0 Å². The van der Waals surface area contributed by atoms with E-state index in [9.17, 15) is 35.3 Å². The SMILES string of the molecule is CC(=O)Nc1cc(COC2OC(Cn3cnc([N+](=O)[O-])c3)C(OC3OC4COC(c5ccccc5)OC4C(O)C3O)C(O)C2O)ccc1Cl.[Ac].[Ac].[Ac].[Ac]. The number of rotatable bonds is 10. The molecule has 3 aliphatic rings. The van der Waals surface area contributed by atoms with Crippen molar-refractivity contribution in [1.82, 2.24) is 9.55 Å². The van der Waals surface area contributed by atoms with Crippen molar-refractivity contribution in [2.45, 2.75) is 87.8 Å². The molecule has 3 aliphatic heterocycles. The van der Waals surface area contributed by atoms with E-state index in [0.29, 0.717) is 21.8 Å². The number of nitrogens with one attached hydrogen (secondary N) is 1. The predicted octanol–water partition coefficient (Wildman–Crippen LogP) is 1.01. The average molecular weight is 1620 g/mol. The number of halogens is 1. The number of aliphatic hydroxyl groups is 4. The molecule has 11 unspecified atom stereocenters. The van der Waals surface area contributed by atoms with Gasteiger partial charge >= 0.3 is 5.82 Å². The van der Waals surface area contributed by atoms with Crippen molar-refractivity contribution in [2.24, 2.45) is 0 Å². The van der Waals surface area contributed by atoms with Gasteiger partial charge in [0.2, 0.25) is 12.2 Å². The molecule has 0 aliphatic carbocycles. The second kappa shape index (κ2) is 23.8. The Balaban J connectivity index is 0.00000243. The van der Waals surface area contributed by atoms with Crippen molar-refractivity contribution in [1.29, 1.82) is 0 Å². The molecule has 3 fully saturated rings. The molecule has 6 rings (SSSR count). The van der Waals surface area contributed by atoms with E-state index in [1.165, 1.54) is 17.8 Å². The summed E-state index contributed by atoms with van der Waals surface area (Å²) in [5.74, 6) is -0.775. The van der Waals surface area contributed by atoms with Gasteiger partial charge in [0, 0.05) is 189 Å². The van der Waals surface area contributed by atoms with E-state index in [1.807, 2.05) is 18.2 Å². The van der Waals surface area contributed by atoms with E-state index < -0.39 is 78.4 Å². The Morgan fingerprint density at radius 3 is 2.36 bits per heavy atom. The molecule has 0 bridgehead atoms. The first-order chi connectivity index (χ1) is 23.5. The number of anilines is 1. The molecule has 3 aromatic rings. The monoisotopic (exact) mass is 1610 g/mol. The number of aliphatic hydroxyl groups excluding tert-OH is 4. The number of benzene rings is 2. The Kier molecular flexibility index (Phi) is 23.1. The van der Waals surface area contributed by atoms with E-state index in [4.69, 9.17) is 40.0 Å². The Bertz CT molecular complexity index is 1630. The normalized spacial score (nSPS) is 30.6. The summed E-state index contributed by atoms with van der Waals surface area (Å²) in [4.78, 5) is 25.9. The molecule has 1 amide bonds. The van der Waals surface area contributed by atoms with Crippen LogP contribution in [0.25, 0.3) is 0 Å². The molecule has 2 aromatic carbocycles. The summed E-state index contributed by atoms with van der Waals surface area (Å²) in [5.41, 5.74) is 1.60. The minimum absolute atomic E-state index is 0. The second-order valence-corrected chi connectivity index (χ2v) is 12.2. The number of aromatic nitrogens is 2. The third kappa shape index (κ3) is 13.1. The van der Waals surface area contributed by atoms with Crippen molar-refractivity contribution < 1.29 is 235 Å². The van der Waals surface area contributed by atoms with Crippen molar-refractivity contribution in [2.75, 3.05) is 11.9 Å². The van der Waals surface area contributed by atoms with Crippen LogP contribution in [0.2, 0.25) is 5.02 Å². The molecule has 11 atom stereocenters. The van der Waals surface area contributed by atoms with Gasteiger partial charge < -0.3 is 68.8 Å². The van der Waals surface area contributed by atoms with Gasteiger partial charge in [-0.3, -0.25) is 4.79 Å². The Morgan fingerprint density at radius 1 is 1.00 bits per heavy atom. The van der Waals surface area contributed by atoms with Crippen molar-refractivity contribution in [3.63, 3.8) is 0 Å². The molecule has 53 heavy (non-hydrogen) atoms. The Hall–Kier alpha value is 2.18. The molecule has 0 spiro atoms. The second-order valence-electron chi connectivity index (χ2n) is 11.8. The van der Waals surface area contributed by atoms with Crippen LogP contribution in [0.15, 0.2) is 61.1 Å². The molecule has 17 nitrogen and oxygen atoms in total. The number of hydrogen-bond acceptors (Lipinski definition) is 14. The van der Waals surface area contributed by atoms with Gasteiger partial charge in [0.25, 0.3) is 0 Å². The summed E-state index contributed by atoms with van der Waals surface area (Å²) in [5, 5.41) is 58.7. The molecule has 4 heterocycles. The summed E-state index contributed by atoms with van der Waals surface area (Å²) < 4.78 is 36.9. The molecule has 3 saturated heterocycles. The summed E-state index contributed by atoms with van der Waals surface area (Å²) in [7, 11) is 0. The summed E-state index contributed by atoms with van der Waals surface area (Å²) in [6.45, 7) is 0.990. The van der Waals surface area contributed by atoms with Crippen LogP contribution in [-0.4, -0.2) is 109 Å². The molecular weight excluding hydrogens is 1580 g/mol. The van der Waals surface area contributed by atoms with Crippen molar-refractivity contribution in [3.05, 3.63) is 87.3 Å². The molecule has 4 radical (unpaired) electrons. The third-order valence-corrected chi connectivity index (χ3v) is 8.62. The van der Waals surface area contributed by atoms with Crippen LogP contribution in [0.1, 0.15) is 24.3 Å². The fourth-order valence-electron chi connectivity index (χ4n) is 5.86. The first kappa shape index (κ1) is 51.3. The number of nitrogens with zero attached hydrogens (tertiary/aromatic N) is 3. The third-order valence-electron chi connectivity index (χ3n) is 8.29. The summed E-state index contributed by atoms with van der Waals surface area (Å²) in [6.07, 6.45) is -12.4. The van der Waals surface area contributed by atoms with E-state index in [1.54, 1.807) is 30.3 Å². The summed E-state index contributed by atoms with van der Waals surface area (Å²) in [6, 6.07) is 13.8. The van der Waals surface area contributed by atoms with Crippen LogP contribution in [0.5, 0.6) is 0 Å². The van der Waals surface area contributed by atoms with Crippen molar-refractivity contribution >= 4 is 29.0 Å². The van der Waals surface area contributed by atoms with Crippen LogP contribution >= 0.6 is 11.6 Å². The Labute approximate surface area is 452 Å². The zero-order valence-electron chi connectivity index (χ0n) is 28.2. The molecule has 0 saturated carbocycles. The molecular formula is C31H35Ac4ClN4O13. The van der Waals surface area contributed by atoms with Crippen LogP contribution < -0.4 is 5.32 Å². The maximum absolute atomic E-state index is 11.5. The van der Waals surface area contributed by atoms with E-state index in [-0.39, 0.29) is 202 Å². The number of fused-ring (bicyclic) bond motifs is 1. The molecule has 22 heteroatoms. The van der Waals surface area contributed by atoms with Gasteiger partial charge in [0.15, 0.2) is 18.9 Å². The van der Waals surface area contributed by atoms with Crippen LogP contribution in [0, 0.1) is 186 Å². The van der Waals surface area contributed by atoms with Crippen LogP contribution in [0.4, 0.5) is 11.5 Å². The van der Waals surface area contributed by atoms with Crippen molar-refractivity contribution in [3.8, 4) is 0 Å². The van der Waals surface area contributed by atoms with Gasteiger partial charge in [-0.05, 0) is 27.6 Å². The largest absolute Gasteiger partial charge is 0.387 e. The number of carbonyl (C=O) groups excluding carboxylic acids is 1. The predicted molar refractivity (Wildman–Crippen MR) is 166 cm³/mol. The number of hydrogen-bond donors (Lipinski definition) is 5. The smallest absolute Gasteiger partial charge is 0.381 e. The van der Waals surface area contributed by atoms with Gasteiger partial charge in [-0.25, -0.2) is 0 Å². The number of nitro groups is 1. The van der Waals surface area contributed by atoms with Gasteiger partial charge in [0.05, 0.1) is 30.5 Å². The first-order valence-electron chi connectivity index (χ1n) is 15.3. The fraction of sp³-hybridized carbons (Fsp3) is 0.484. The van der Waals surface area contributed by atoms with E-state index in [0.717, 1.165) is 6.20 Å². The average Bonchev–Trinajstić information content (AvgIpc) is 3.56. The zero-order chi connectivity index (χ0) is 34.8. The Morgan fingerprint density at radius 2 is 1.70 bits per heavy atom. The fourth-order valence-corrected chi connectivity index (χ4v) is 6.02. The zero-order valence-corrected chi connectivity index (χ0v) is 48.0. The number of amides is 1. The van der Waals surface area contributed by atoms with Gasteiger partial charge in [-0.2, -0.15) is 0 Å².